The summed E-state index contributed by atoms with van der Waals surface area (Å²) in [6.07, 6.45) is 7.72. The standard InChI is InChI=1S/C11H16N2O2/c1-2-9-12-7-8-13(9)11(10(14)15)5-3-4-6-11/h7-8H,2-6H2,1H3,(H,14,15). The fourth-order valence-electron chi connectivity index (χ4n) is 2.50. The summed E-state index contributed by atoms with van der Waals surface area (Å²) in [5.41, 5.74) is -0.720. The Bertz CT molecular complexity index is 364. The zero-order valence-electron chi connectivity index (χ0n) is 8.94. The summed E-state index contributed by atoms with van der Waals surface area (Å²) < 4.78 is 1.86. The van der Waals surface area contributed by atoms with Gasteiger partial charge in [-0.1, -0.05) is 19.8 Å². The molecule has 0 spiro atoms. The van der Waals surface area contributed by atoms with Gasteiger partial charge >= 0.3 is 5.97 Å². The third-order valence-corrected chi connectivity index (χ3v) is 3.32. The lowest BCUT2D eigenvalue weighted by Gasteiger charge is -2.27. The maximum Gasteiger partial charge on any atom is 0.329 e. The van der Waals surface area contributed by atoms with E-state index in [0.29, 0.717) is 0 Å². The van der Waals surface area contributed by atoms with Gasteiger partial charge in [0.05, 0.1) is 0 Å². The van der Waals surface area contributed by atoms with Crippen molar-refractivity contribution in [3.63, 3.8) is 0 Å². The summed E-state index contributed by atoms with van der Waals surface area (Å²) in [6, 6.07) is 0. The lowest BCUT2D eigenvalue weighted by Crippen LogP contribution is -2.39. The molecule has 0 atom stereocenters. The van der Waals surface area contributed by atoms with Gasteiger partial charge in [0.25, 0.3) is 0 Å². The van der Waals surface area contributed by atoms with Gasteiger partial charge in [-0.15, -0.1) is 0 Å². The number of carbonyl (C=O) groups is 1. The van der Waals surface area contributed by atoms with Crippen molar-refractivity contribution in [2.75, 3.05) is 0 Å². The molecule has 82 valence electrons. The Balaban J connectivity index is 2.45. The van der Waals surface area contributed by atoms with Crippen LogP contribution in [0.3, 0.4) is 0 Å². The minimum Gasteiger partial charge on any atom is -0.479 e. The molecule has 0 unspecified atom stereocenters. The Kier molecular flexibility index (Phi) is 2.50. The van der Waals surface area contributed by atoms with Crippen LogP contribution in [0.2, 0.25) is 0 Å². The fourth-order valence-corrected chi connectivity index (χ4v) is 2.50. The summed E-state index contributed by atoms with van der Waals surface area (Å²) >= 11 is 0. The minimum absolute atomic E-state index is 0.715. The van der Waals surface area contributed by atoms with Crippen LogP contribution >= 0.6 is 0 Å². The molecular formula is C11H16N2O2. The first-order valence-electron chi connectivity index (χ1n) is 5.47. The first-order valence-corrected chi connectivity index (χ1v) is 5.47. The summed E-state index contributed by atoms with van der Waals surface area (Å²) in [5.74, 6) is 0.159. The summed E-state index contributed by atoms with van der Waals surface area (Å²) in [6.45, 7) is 2.00. The topological polar surface area (TPSA) is 55.1 Å². The molecule has 0 saturated heterocycles. The maximum atomic E-state index is 11.4. The average molecular weight is 208 g/mol. The highest BCUT2D eigenvalue weighted by molar-refractivity contribution is 5.77. The zero-order valence-corrected chi connectivity index (χ0v) is 8.94. The van der Waals surface area contributed by atoms with Gasteiger partial charge < -0.3 is 9.67 Å². The Morgan fingerprint density at radius 1 is 1.60 bits per heavy atom. The SMILES string of the molecule is CCc1nccn1C1(C(=O)O)CCCC1. The van der Waals surface area contributed by atoms with Crippen LogP contribution in [0.15, 0.2) is 12.4 Å². The molecule has 0 aromatic carbocycles. The third-order valence-electron chi connectivity index (χ3n) is 3.32. The Morgan fingerprint density at radius 3 is 2.80 bits per heavy atom. The van der Waals surface area contributed by atoms with Crippen LogP contribution in [0, 0.1) is 0 Å². The van der Waals surface area contributed by atoms with Gasteiger partial charge in [-0.25, -0.2) is 9.78 Å². The number of nitrogens with zero attached hydrogens (tertiary/aromatic N) is 2. The first-order chi connectivity index (χ1) is 7.20. The van der Waals surface area contributed by atoms with E-state index in [0.717, 1.165) is 37.9 Å². The highest BCUT2D eigenvalue weighted by Gasteiger charge is 2.43. The van der Waals surface area contributed by atoms with E-state index < -0.39 is 11.5 Å². The van der Waals surface area contributed by atoms with Crippen molar-refractivity contribution in [3.05, 3.63) is 18.2 Å². The van der Waals surface area contributed by atoms with Gasteiger partial charge in [-0.3, -0.25) is 0 Å². The van der Waals surface area contributed by atoms with Crippen LogP contribution in [-0.2, 0) is 16.8 Å². The van der Waals surface area contributed by atoms with Crippen LogP contribution in [0.4, 0.5) is 0 Å². The molecule has 1 N–H and O–H groups in total. The number of aliphatic carboxylic acids is 1. The normalized spacial score (nSPS) is 19.3. The lowest BCUT2D eigenvalue weighted by molar-refractivity contribution is -0.147. The largest absolute Gasteiger partial charge is 0.479 e. The molecule has 1 aliphatic carbocycles. The summed E-state index contributed by atoms with van der Waals surface area (Å²) in [4.78, 5) is 15.6. The fraction of sp³-hybridized carbons (Fsp3) is 0.636. The van der Waals surface area contributed by atoms with Crippen LogP contribution in [0.25, 0.3) is 0 Å². The second kappa shape index (κ2) is 3.68. The number of imidazole rings is 1. The molecular weight excluding hydrogens is 192 g/mol. The predicted octanol–water partition coefficient (Wildman–Crippen LogP) is 1.80. The van der Waals surface area contributed by atoms with Crippen molar-refractivity contribution in [2.24, 2.45) is 0 Å². The van der Waals surface area contributed by atoms with Gasteiger partial charge in [-0.2, -0.15) is 0 Å². The number of carboxylic acid groups (broad SMARTS) is 1. The van der Waals surface area contributed by atoms with E-state index in [4.69, 9.17) is 0 Å². The van der Waals surface area contributed by atoms with E-state index >= 15 is 0 Å². The highest BCUT2D eigenvalue weighted by Crippen LogP contribution is 2.37. The van der Waals surface area contributed by atoms with Crippen molar-refractivity contribution in [3.8, 4) is 0 Å². The van der Waals surface area contributed by atoms with Crippen LogP contribution in [0.1, 0.15) is 38.4 Å². The molecule has 1 aromatic rings. The number of rotatable bonds is 3. The quantitative estimate of drug-likeness (QED) is 0.824. The number of carboxylic acids is 1. The lowest BCUT2D eigenvalue weighted by atomic mass is 9.97. The highest BCUT2D eigenvalue weighted by atomic mass is 16.4. The van der Waals surface area contributed by atoms with Gasteiger partial charge in [0.15, 0.2) is 0 Å². The number of hydrogen-bond donors (Lipinski definition) is 1. The van der Waals surface area contributed by atoms with Gasteiger partial charge in [0, 0.05) is 18.8 Å². The first kappa shape index (κ1) is 10.2. The molecule has 0 aliphatic heterocycles. The summed E-state index contributed by atoms with van der Waals surface area (Å²) in [7, 11) is 0. The monoisotopic (exact) mass is 208 g/mol. The smallest absolute Gasteiger partial charge is 0.329 e. The second-order valence-electron chi connectivity index (χ2n) is 4.11. The average Bonchev–Trinajstić information content (AvgIpc) is 2.86. The third kappa shape index (κ3) is 1.44. The molecule has 0 amide bonds. The van der Waals surface area contributed by atoms with Crippen LogP contribution in [-0.4, -0.2) is 20.6 Å². The van der Waals surface area contributed by atoms with Crippen LogP contribution < -0.4 is 0 Å². The minimum atomic E-state index is -0.720. The number of aromatic nitrogens is 2. The molecule has 4 nitrogen and oxygen atoms in total. The molecule has 1 aliphatic rings. The molecule has 4 heteroatoms. The van der Waals surface area contributed by atoms with E-state index in [1.165, 1.54) is 0 Å². The molecule has 1 saturated carbocycles. The molecule has 2 rings (SSSR count). The summed E-state index contributed by atoms with van der Waals surface area (Å²) in [5, 5.41) is 9.41. The van der Waals surface area contributed by atoms with E-state index in [9.17, 15) is 9.90 Å². The molecule has 0 radical (unpaired) electrons. The van der Waals surface area contributed by atoms with Crippen molar-refractivity contribution >= 4 is 5.97 Å². The molecule has 0 bridgehead atoms. The van der Waals surface area contributed by atoms with E-state index in [1.807, 2.05) is 11.5 Å². The van der Waals surface area contributed by atoms with E-state index in [1.54, 1.807) is 12.4 Å². The van der Waals surface area contributed by atoms with Crippen LogP contribution in [0.5, 0.6) is 0 Å². The molecule has 1 fully saturated rings. The number of hydrogen-bond acceptors (Lipinski definition) is 2. The van der Waals surface area contributed by atoms with E-state index in [2.05, 4.69) is 4.98 Å². The Morgan fingerprint density at radius 2 is 2.27 bits per heavy atom. The molecule has 15 heavy (non-hydrogen) atoms. The van der Waals surface area contributed by atoms with Gasteiger partial charge in [-0.05, 0) is 12.8 Å². The van der Waals surface area contributed by atoms with Gasteiger partial charge in [0.1, 0.15) is 11.4 Å². The molecule has 1 aromatic heterocycles. The van der Waals surface area contributed by atoms with Crippen molar-refractivity contribution < 1.29 is 9.90 Å². The van der Waals surface area contributed by atoms with Crippen molar-refractivity contribution in [1.82, 2.24) is 9.55 Å². The van der Waals surface area contributed by atoms with Crippen molar-refractivity contribution in [2.45, 2.75) is 44.6 Å². The van der Waals surface area contributed by atoms with Crippen molar-refractivity contribution in [1.29, 1.82) is 0 Å². The van der Waals surface area contributed by atoms with E-state index in [-0.39, 0.29) is 0 Å². The Labute approximate surface area is 88.9 Å². The Hall–Kier alpha value is -1.32. The molecule has 1 heterocycles. The number of aryl methyl sites for hydroxylation is 1. The zero-order chi connectivity index (χ0) is 10.9. The maximum absolute atomic E-state index is 11.4. The second-order valence-corrected chi connectivity index (χ2v) is 4.11. The van der Waals surface area contributed by atoms with Gasteiger partial charge in [0.2, 0.25) is 0 Å². The predicted molar refractivity (Wildman–Crippen MR) is 55.7 cm³/mol.